The zero-order valence-electron chi connectivity index (χ0n) is 13.3. The summed E-state index contributed by atoms with van der Waals surface area (Å²) >= 11 is 3.02. The lowest BCUT2D eigenvalue weighted by molar-refractivity contribution is -0.116. The predicted octanol–water partition coefficient (Wildman–Crippen LogP) is 3.19. The van der Waals surface area contributed by atoms with Gasteiger partial charge in [-0.1, -0.05) is 18.7 Å². The van der Waals surface area contributed by atoms with Gasteiger partial charge in [-0.2, -0.15) is 0 Å². The molecular weight excluding hydrogens is 316 g/mol. The smallest absolute Gasteiger partial charge is 0.262 e. The number of hydrogen-bond acceptors (Lipinski definition) is 5. The van der Waals surface area contributed by atoms with Crippen LogP contribution in [0.25, 0.3) is 10.2 Å². The van der Waals surface area contributed by atoms with E-state index < -0.39 is 0 Å². The van der Waals surface area contributed by atoms with Crippen molar-refractivity contribution in [2.45, 2.75) is 50.4 Å². The molecule has 0 spiro atoms. The lowest BCUT2D eigenvalue weighted by Gasteiger charge is -2.17. The fraction of sp³-hybridized carbons (Fsp3) is 0.562. The summed E-state index contributed by atoms with van der Waals surface area (Å²) in [5.41, 5.74) is 1.23. The van der Waals surface area contributed by atoms with E-state index in [0.717, 1.165) is 29.5 Å². The molecule has 6 heteroatoms. The zero-order valence-corrected chi connectivity index (χ0v) is 14.9. The van der Waals surface area contributed by atoms with E-state index in [-0.39, 0.29) is 16.6 Å². The summed E-state index contributed by atoms with van der Waals surface area (Å²) in [7, 11) is 1.75. The largest absolute Gasteiger partial charge is 0.299 e. The lowest BCUT2D eigenvalue weighted by atomic mass is 9.89. The monoisotopic (exact) mass is 336 g/mol. The Morgan fingerprint density at radius 1 is 1.50 bits per heavy atom. The molecule has 0 bridgehead atoms. The first-order valence-electron chi connectivity index (χ1n) is 7.56. The van der Waals surface area contributed by atoms with Crippen molar-refractivity contribution in [1.29, 1.82) is 0 Å². The van der Waals surface area contributed by atoms with E-state index in [0.29, 0.717) is 11.1 Å². The Morgan fingerprint density at radius 3 is 2.91 bits per heavy atom. The van der Waals surface area contributed by atoms with Gasteiger partial charge in [0.05, 0.1) is 10.6 Å². The van der Waals surface area contributed by atoms with E-state index in [2.05, 4.69) is 11.9 Å². The number of thiophene rings is 1. The number of rotatable bonds is 3. The fourth-order valence-electron chi connectivity index (χ4n) is 2.80. The van der Waals surface area contributed by atoms with Gasteiger partial charge in [0.15, 0.2) is 5.16 Å². The minimum absolute atomic E-state index is 0.0234. The molecule has 2 aromatic heterocycles. The van der Waals surface area contributed by atoms with Gasteiger partial charge in [-0.15, -0.1) is 11.3 Å². The van der Waals surface area contributed by atoms with E-state index in [1.807, 2.05) is 6.92 Å². The van der Waals surface area contributed by atoms with Crippen LogP contribution in [0.2, 0.25) is 0 Å². The number of carbonyl (C=O) groups is 1. The van der Waals surface area contributed by atoms with Crippen molar-refractivity contribution in [3.05, 3.63) is 20.8 Å². The van der Waals surface area contributed by atoms with E-state index in [1.54, 1.807) is 29.9 Å². The maximum atomic E-state index is 12.7. The van der Waals surface area contributed by atoms with Crippen LogP contribution in [0.3, 0.4) is 0 Å². The van der Waals surface area contributed by atoms with Gasteiger partial charge in [0.2, 0.25) is 0 Å². The third-order valence-corrected chi connectivity index (χ3v) is 6.76. The average Bonchev–Trinajstić information content (AvgIpc) is 2.81. The summed E-state index contributed by atoms with van der Waals surface area (Å²) in [6.07, 6.45) is 3.16. The van der Waals surface area contributed by atoms with Crippen molar-refractivity contribution < 1.29 is 4.79 Å². The van der Waals surface area contributed by atoms with Crippen LogP contribution in [-0.2, 0) is 24.7 Å². The van der Waals surface area contributed by atoms with E-state index >= 15 is 0 Å². The molecule has 0 aliphatic heterocycles. The number of aryl methyl sites for hydroxylation is 1. The first kappa shape index (κ1) is 15.7. The topological polar surface area (TPSA) is 52.0 Å². The summed E-state index contributed by atoms with van der Waals surface area (Å²) < 4.78 is 1.59. The Morgan fingerprint density at radius 2 is 2.23 bits per heavy atom. The summed E-state index contributed by atoms with van der Waals surface area (Å²) in [5, 5.41) is 1.24. The first-order valence-corrected chi connectivity index (χ1v) is 9.26. The Labute approximate surface area is 137 Å². The number of carbonyl (C=O) groups excluding carboxylic acids is 1. The van der Waals surface area contributed by atoms with E-state index in [4.69, 9.17) is 0 Å². The predicted molar refractivity (Wildman–Crippen MR) is 92.1 cm³/mol. The molecule has 0 N–H and O–H groups in total. The van der Waals surface area contributed by atoms with Gasteiger partial charge >= 0.3 is 0 Å². The van der Waals surface area contributed by atoms with Crippen LogP contribution < -0.4 is 5.56 Å². The molecule has 2 aromatic rings. The number of fused-ring (bicyclic) bond motifs is 3. The highest BCUT2D eigenvalue weighted by atomic mass is 32.2. The Hall–Kier alpha value is -1.14. The Balaban J connectivity index is 2.13. The van der Waals surface area contributed by atoms with Crippen molar-refractivity contribution in [2.75, 3.05) is 0 Å². The number of aromatic nitrogens is 2. The van der Waals surface area contributed by atoms with Crippen LogP contribution in [0.1, 0.15) is 37.6 Å². The molecule has 2 atom stereocenters. The Bertz CT molecular complexity index is 807. The molecule has 0 saturated heterocycles. The molecule has 4 nitrogen and oxygen atoms in total. The van der Waals surface area contributed by atoms with Gasteiger partial charge in [0.1, 0.15) is 10.6 Å². The summed E-state index contributed by atoms with van der Waals surface area (Å²) in [6.45, 7) is 5.68. The second-order valence-electron chi connectivity index (χ2n) is 6.16. The number of nitrogens with zero attached hydrogens (tertiary/aromatic N) is 2. The summed E-state index contributed by atoms with van der Waals surface area (Å²) in [5.74, 6) is 0.773. The van der Waals surface area contributed by atoms with Crippen LogP contribution in [0.5, 0.6) is 0 Å². The van der Waals surface area contributed by atoms with Crippen LogP contribution in [0, 0.1) is 5.92 Å². The van der Waals surface area contributed by atoms with Crippen LogP contribution in [-0.4, -0.2) is 20.6 Å². The van der Waals surface area contributed by atoms with Crippen molar-refractivity contribution in [1.82, 2.24) is 9.55 Å². The first-order chi connectivity index (χ1) is 10.4. The normalized spacial score (nSPS) is 19.2. The highest BCUT2D eigenvalue weighted by Gasteiger charge is 2.24. The maximum Gasteiger partial charge on any atom is 0.262 e. The van der Waals surface area contributed by atoms with Crippen LogP contribution >= 0.6 is 23.1 Å². The second kappa shape index (κ2) is 5.81. The molecule has 22 heavy (non-hydrogen) atoms. The summed E-state index contributed by atoms with van der Waals surface area (Å²) in [6, 6.07) is 0. The van der Waals surface area contributed by atoms with Crippen molar-refractivity contribution in [2.24, 2.45) is 13.0 Å². The zero-order chi connectivity index (χ0) is 16.0. The van der Waals surface area contributed by atoms with Gasteiger partial charge in [-0.05, 0) is 44.6 Å². The maximum absolute atomic E-state index is 12.7. The van der Waals surface area contributed by atoms with Gasteiger partial charge in [-0.3, -0.25) is 14.2 Å². The van der Waals surface area contributed by atoms with Crippen molar-refractivity contribution in [3.8, 4) is 0 Å². The second-order valence-corrected chi connectivity index (χ2v) is 8.55. The molecule has 0 amide bonds. The molecule has 118 valence electrons. The molecule has 2 heterocycles. The summed E-state index contributed by atoms with van der Waals surface area (Å²) in [4.78, 5) is 31.0. The SMILES string of the molecule is CC(=O)[C@H](C)Sc1nc2sc3c(c2c(=O)n1C)CC[C@H](C)C3. The molecule has 0 radical (unpaired) electrons. The molecule has 1 aliphatic carbocycles. The minimum Gasteiger partial charge on any atom is -0.299 e. The average molecular weight is 336 g/mol. The van der Waals surface area contributed by atoms with Gasteiger partial charge < -0.3 is 0 Å². The van der Waals surface area contributed by atoms with Crippen LogP contribution in [0.15, 0.2) is 9.95 Å². The highest BCUT2D eigenvalue weighted by molar-refractivity contribution is 8.00. The molecule has 0 saturated carbocycles. The lowest BCUT2D eigenvalue weighted by Crippen LogP contribution is -2.22. The molecule has 0 fully saturated rings. The number of Topliss-reactive ketones (excluding diaryl/α,β-unsaturated/α-hetero) is 1. The molecular formula is C16H20N2O2S2. The van der Waals surface area contributed by atoms with Crippen LogP contribution in [0.4, 0.5) is 0 Å². The molecule has 3 rings (SSSR count). The number of hydrogen-bond donors (Lipinski definition) is 0. The van der Waals surface area contributed by atoms with Gasteiger partial charge in [0, 0.05) is 11.9 Å². The van der Waals surface area contributed by atoms with Crippen molar-refractivity contribution >= 4 is 39.1 Å². The highest BCUT2D eigenvalue weighted by Crippen LogP contribution is 2.36. The number of ketones is 1. The van der Waals surface area contributed by atoms with Crippen molar-refractivity contribution in [3.63, 3.8) is 0 Å². The molecule has 1 aliphatic rings. The van der Waals surface area contributed by atoms with E-state index in [1.165, 1.54) is 22.2 Å². The van der Waals surface area contributed by atoms with E-state index in [9.17, 15) is 9.59 Å². The standard InChI is InChI=1S/C16H20N2O2S2/c1-8-5-6-11-12(7-8)22-14-13(11)15(20)18(4)16(17-14)21-10(3)9(2)19/h8,10H,5-7H2,1-4H3/t8-,10-/m0/s1. The third-order valence-electron chi connectivity index (χ3n) is 4.35. The third kappa shape index (κ3) is 2.63. The molecule has 0 unspecified atom stereocenters. The van der Waals surface area contributed by atoms with Gasteiger partial charge in [0.25, 0.3) is 5.56 Å². The Kier molecular flexibility index (Phi) is 4.16. The fourth-order valence-corrected chi connectivity index (χ4v) is 5.10. The quantitative estimate of drug-likeness (QED) is 0.638. The molecule has 0 aromatic carbocycles. The minimum atomic E-state index is -0.190. The van der Waals surface area contributed by atoms with Gasteiger partial charge in [-0.25, -0.2) is 4.98 Å². The number of thioether (sulfide) groups is 1.